The number of nitrogens with one attached hydrogen (secondary N) is 1. The Morgan fingerprint density at radius 2 is 2.50 bits per heavy atom. The zero-order chi connectivity index (χ0) is 7.40. The van der Waals surface area contributed by atoms with Crippen LogP contribution in [0.5, 0.6) is 0 Å². The Balaban J connectivity index is 2.54. The standard InChI is InChI=1S/C7H10N2O/c1-3-4-7-5-8-6(2)9-10-7/h3-5H,1-2H3,(H,8,9)/b4-3+. The van der Waals surface area contributed by atoms with Gasteiger partial charge < -0.3 is 10.2 Å². The molecular formula is C7H10N2O. The molecule has 1 rings (SSSR count). The molecule has 54 valence electrons. The van der Waals surface area contributed by atoms with Crippen LogP contribution in [0, 0.1) is 0 Å². The molecule has 10 heavy (non-hydrogen) atoms. The summed E-state index contributed by atoms with van der Waals surface area (Å²) in [6, 6.07) is 0. The molecule has 0 bridgehead atoms. The van der Waals surface area contributed by atoms with Crippen molar-refractivity contribution in [2.75, 3.05) is 0 Å². The van der Waals surface area contributed by atoms with E-state index in [0.29, 0.717) is 0 Å². The average Bonchev–Trinajstić information content (AvgIpc) is 1.95. The SMILES string of the molecule is C/C=C/C1=CNC(C)=NO1. The molecule has 1 aliphatic heterocycles. The summed E-state index contributed by atoms with van der Waals surface area (Å²) in [4.78, 5) is 4.93. The van der Waals surface area contributed by atoms with Gasteiger partial charge in [-0.25, -0.2) is 0 Å². The molecule has 0 aromatic carbocycles. The number of rotatable bonds is 1. The van der Waals surface area contributed by atoms with E-state index in [1.54, 1.807) is 6.20 Å². The van der Waals surface area contributed by atoms with Gasteiger partial charge in [0.05, 0.1) is 0 Å². The summed E-state index contributed by atoms with van der Waals surface area (Å²) in [6.45, 7) is 3.76. The van der Waals surface area contributed by atoms with Crippen LogP contribution in [0.25, 0.3) is 0 Å². The maximum Gasteiger partial charge on any atom is 0.173 e. The molecule has 0 radical (unpaired) electrons. The molecule has 0 fully saturated rings. The van der Waals surface area contributed by atoms with Crippen molar-refractivity contribution in [3.8, 4) is 0 Å². The van der Waals surface area contributed by atoms with Gasteiger partial charge in [0.1, 0.15) is 5.84 Å². The van der Waals surface area contributed by atoms with Crippen LogP contribution in [0.4, 0.5) is 0 Å². The maximum absolute atomic E-state index is 4.93. The first-order valence-electron chi connectivity index (χ1n) is 3.14. The van der Waals surface area contributed by atoms with Crippen LogP contribution >= 0.6 is 0 Å². The highest BCUT2D eigenvalue weighted by Crippen LogP contribution is 2.02. The van der Waals surface area contributed by atoms with Gasteiger partial charge in [0.2, 0.25) is 0 Å². The Hall–Kier alpha value is -1.25. The van der Waals surface area contributed by atoms with Crippen LogP contribution < -0.4 is 5.32 Å². The molecule has 0 aromatic heterocycles. The number of amidine groups is 1. The second kappa shape index (κ2) is 3.06. The van der Waals surface area contributed by atoms with Crippen molar-refractivity contribution in [3.05, 3.63) is 24.1 Å². The van der Waals surface area contributed by atoms with E-state index in [1.807, 2.05) is 26.0 Å². The number of hydrogen-bond donors (Lipinski definition) is 1. The topological polar surface area (TPSA) is 33.6 Å². The van der Waals surface area contributed by atoms with Crippen LogP contribution in [0.2, 0.25) is 0 Å². The van der Waals surface area contributed by atoms with Crippen molar-refractivity contribution in [1.29, 1.82) is 0 Å². The normalized spacial score (nSPS) is 17.4. The average molecular weight is 138 g/mol. The molecule has 0 atom stereocenters. The first-order chi connectivity index (χ1) is 4.83. The van der Waals surface area contributed by atoms with Crippen molar-refractivity contribution in [1.82, 2.24) is 5.32 Å². The lowest BCUT2D eigenvalue weighted by Crippen LogP contribution is -2.17. The van der Waals surface area contributed by atoms with Crippen LogP contribution in [0.15, 0.2) is 29.3 Å². The monoisotopic (exact) mass is 138 g/mol. The highest BCUT2D eigenvalue weighted by Gasteiger charge is 1.98. The summed E-state index contributed by atoms with van der Waals surface area (Å²) < 4.78 is 0. The van der Waals surface area contributed by atoms with Gasteiger partial charge in [-0.3, -0.25) is 0 Å². The van der Waals surface area contributed by atoms with E-state index >= 15 is 0 Å². The third-order valence-electron chi connectivity index (χ3n) is 1.04. The van der Waals surface area contributed by atoms with Crippen molar-refractivity contribution < 1.29 is 4.84 Å². The third-order valence-corrected chi connectivity index (χ3v) is 1.04. The molecule has 0 saturated carbocycles. The van der Waals surface area contributed by atoms with Gasteiger partial charge in [0.15, 0.2) is 5.76 Å². The Morgan fingerprint density at radius 1 is 1.70 bits per heavy atom. The second-order valence-corrected chi connectivity index (χ2v) is 1.96. The summed E-state index contributed by atoms with van der Waals surface area (Å²) in [7, 11) is 0. The van der Waals surface area contributed by atoms with Gasteiger partial charge in [0, 0.05) is 6.20 Å². The lowest BCUT2D eigenvalue weighted by molar-refractivity contribution is 0.231. The highest BCUT2D eigenvalue weighted by atomic mass is 16.6. The van der Waals surface area contributed by atoms with E-state index in [1.165, 1.54) is 0 Å². The van der Waals surface area contributed by atoms with Crippen molar-refractivity contribution in [2.45, 2.75) is 13.8 Å². The van der Waals surface area contributed by atoms with Crippen molar-refractivity contribution in [3.63, 3.8) is 0 Å². The molecule has 0 amide bonds. The fraction of sp³-hybridized carbons (Fsp3) is 0.286. The largest absolute Gasteiger partial charge is 0.354 e. The van der Waals surface area contributed by atoms with Crippen LogP contribution in [0.1, 0.15) is 13.8 Å². The second-order valence-electron chi connectivity index (χ2n) is 1.96. The summed E-state index contributed by atoms with van der Waals surface area (Å²) in [5.41, 5.74) is 0. The van der Waals surface area contributed by atoms with Gasteiger partial charge in [-0.2, -0.15) is 0 Å². The fourth-order valence-electron chi connectivity index (χ4n) is 0.592. The van der Waals surface area contributed by atoms with E-state index in [4.69, 9.17) is 4.84 Å². The molecule has 0 aliphatic carbocycles. The summed E-state index contributed by atoms with van der Waals surface area (Å²) in [5, 5.41) is 6.64. The highest BCUT2D eigenvalue weighted by molar-refractivity contribution is 5.80. The van der Waals surface area contributed by atoms with Gasteiger partial charge in [-0.05, 0) is 19.9 Å². The van der Waals surface area contributed by atoms with Gasteiger partial charge in [-0.15, -0.1) is 0 Å². The minimum Gasteiger partial charge on any atom is -0.354 e. The molecule has 1 aliphatic rings. The van der Waals surface area contributed by atoms with Crippen LogP contribution in [-0.4, -0.2) is 5.84 Å². The number of oxime groups is 1. The van der Waals surface area contributed by atoms with Crippen molar-refractivity contribution >= 4 is 5.84 Å². The first-order valence-corrected chi connectivity index (χ1v) is 3.14. The van der Waals surface area contributed by atoms with Crippen LogP contribution in [0.3, 0.4) is 0 Å². The number of nitrogens with zero attached hydrogens (tertiary/aromatic N) is 1. The molecule has 0 aromatic rings. The lowest BCUT2D eigenvalue weighted by atomic mass is 10.4. The van der Waals surface area contributed by atoms with E-state index in [9.17, 15) is 0 Å². The zero-order valence-electron chi connectivity index (χ0n) is 6.09. The maximum atomic E-state index is 4.93. The van der Waals surface area contributed by atoms with Gasteiger partial charge >= 0.3 is 0 Å². The van der Waals surface area contributed by atoms with E-state index in [0.717, 1.165) is 11.6 Å². The summed E-state index contributed by atoms with van der Waals surface area (Å²) in [5.74, 6) is 1.50. The summed E-state index contributed by atoms with van der Waals surface area (Å²) in [6.07, 6.45) is 5.49. The molecule has 0 spiro atoms. The Labute approximate surface area is 60.1 Å². The fourth-order valence-corrected chi connectivity index (χ4v) is 0.592. The lowest BCUT2D eigenvalue weighted by Gasteiger charge is -2.07. The molecular weight excluding hydrogens is 128 g/mol. The molecule has 3 nitrogen and oxygen atoms in total. The number of allylic oxidation sites excluding steroid dienone is 2. The van der Waals surface area contributed by atoms with E-state index < -0.39 is 0 Å². The minimum atomic E-state index is 0.730. The van der Waals surface area contributed by atoms with E-state index in [2.05, 4.69) is 10.5 Å². The Morgan fingerprint density at radius 3 is 3.00 bits per heavy atom. The Bertz CT molecular complexity index is 204. The third kappa shape index (κ3) is 1.62. The molecule has 1 heterocycles. The van der Waals surface area contributed by atoms with Crippen molar-refractivity contribution in [2.24, 2.45) is 5.16 Å². The molecule has 0 unspecified atom stereocenters. The van der Waals surface area contributed by atoms with Crippen LogP contribution in [-0.2, 0) is 4.84 Å². The van der Waals surface area contributed by atoms with Gasteiger partial charge in [0.25, 0.3) is 0 Å². The summed E-state index contributed by atoms with van der Waals surface area (Å²) >= 11 is 0. The molecule has 3 heteroatoms. The predicted molar refractivity (Wildman–Crippen MR) is 40.2 cm³/mol. The minimum absolute atomic E-state index is 0.730. The van der Waals surface area contributed by atoms with E-state index in [-0.39, 0.29) is 0 Å². The molecule has 1 N–H and O–H groups in total. The first kappa shape index (κ1) is 6.86. The smallest absolute Gasteiger partial charge is 0.173 e. The van der Waals surface area contributed by atoms with Gasteiger partial charge in [-0.1, -0.05) is 11.2 Å². The zero-order valence-corrected chi connectivity index (χ0v) is 6.09. The molecule has 0 saturated heterocycles. The Kier molecular flexibility index (Phi) is 2.10. The predicted octanol–water partition coefficient (Wildman–Crippen LogP) is 1.36. The quantitative estimate of drug-likeness (QED) is 0.593. The number of hydrogen-bond acceptors (Lipinski definition) is 3.